The number of hydrogen-bond acceptors (Lipinski definition) is 0. The van der Waals surface area contributed by atoms with E-state index in [0.29, 0.717) is 0 Å². The molecule has 0 aromatic heterocycles. The van der Waals surface area contributed by atoms with E-state index in [1.165, 1.54) is 22.3 Å². The molecule has 2 aromatic rings. The molecule has 3 rings (SSSR count). The third-order valence-electron chi connectivity index (χ3n) is 3.17. The van der Waals surface area contributed by atoms with Crippen LogP contribution in [0.2, 0.25) is 0 Å². The summed E-state index contributed by atoms with van der Waals surface area (Å²) in [6.45, 7) is 0. The zero-order valence-corrected chi connectivity index (χ0v) is 9.19. The fraction of sp³-hybridized carbons (Fsp3) is 0.125. The van der Waals surface area contributed by atoms with Crippen molar-refractivity contribution in [2.24, 2.45) is 0 Å². The summed E-state index contributed by atoms with van der Waals surface area (Å²) in [7, 11) is 0. The third kappa shape index (κ3) is 1.67. The van der Waals surface area contributed by atoms with E-state index in [-0.39, 0.29) is 0 Å². The van der Waals surface area contributed by atoms with Gasteiger partial charge >= 0.3 is 0 Å². The molecule has 0 saturated heterocycles. The van der Waals surface area contributed by atoms with Crippen molar-refractivity contribution in [1.82, 2.24) is 0 Å². The van der Waals surface area contributed by atoms with E-state index in [4.69, 9.17) is 0 Å². The number of fused-ring (bicyclic) bond motifs is 1. The van der Waals surface area contributed by atoms with Gasteiger partial charge in [-0.1, -0.05) is 60.7 Å². The summed E-state index contributed by atoms with van der Waals surface area (Å²) in [5.41, 5.74) is 5.77. The van der Waals surface area contributed by atoms with Crippen molar-refractivity contribution < 1.29 is 0 Å². The van der Waals surface area contributed by atoms with Gasteiger partial charge in [-0.05, 0) is 35.1 Å². The molecule has 1 aliphatic rings. The maximum atomic E-state index is 2.36. The zero-order valence-electron chi connectivity index (χ0n) is 9.19. The van der Waals surface area contributed by atoms with Crippen molar-refractivity contribution in [2.45, 2.75) is 12.8 Å². The van der Waals surface area contributed by atoms with Crippen LogP contribution in [0.1, 0.15) is 16.7 Å². The molecule has 0 heteroatoms. The van der Waals surface area contributed by atoms with Gasteiger partial charge in [0.15, 0.2) is 0 Å². The Bertz CT molecular complexity index is 521. The molecular formula is C16H14. The van der Waals surface area contributed by atoms with Gasteiger partial charge in [-0.15, -0.1) is 0 Å². The Morgan fingerprint density at radius 1 is 0.812 bits per heavy atom. The molecule has 0 unspecified atom stereocenters. The van der Waals surface area contributed by atoms with Gasteiger partial charge in [0, 0.05) is 0 Å². The molecule has 1 aliphatic carbocycles. The van der Waals surface area contributed by atoms with Gasteiger partial charge in [0.1, 0.15) is 0 Å². The maximum absolute atomic E-state index is 2.36. The smallest absolute Gasteiger partial charge is 0.00228 e. The van der Waals surface area contributed by atoms with Crippen molar-refractivity contribution in [1.29, 1.82) is 0 Å². The van der Waals surface area contributed by atoms with Gasteiger partial charge < -0.3 is 0 Å². The first-order valence-electron chi connectivity index (χ1n) is 5.75. The Balaban J connectivity index is 1.89. The Kier molecular flexibility index (Phi) is 2.34. The molecule has 0 heterocycles. The molecule has 0 bridgehead atoms. The van der Waals surface area contributed by atoms with Crippen LogP contribution in [-0.4, -0.2) is 0 Å². The van der Waals surface area contributed by atoms with Gasteiger partial charge in [-0.3, -0.25) is 0 Å². The van der Waals surface area contributed by atoms with Crippen LogP contribution in [0.4, 0.5) is 0 Å². The van der Waals surface area contributed by atoms with Crippen molar-refractivity contribution >= 4 is 5.57 Å². The van der Waals surface area contributed by atoms with Crippen LogP contribution in [0.25, 0.3) is 5.57 Å². The van der Waals surface area contributed by atoms with Crippen LogP contribution in [0.3, 0.4) is 0 Å². The first kappa shape index (κ1) is 9.41. The second-order valence-electron chi connectivity index (χ2n) is 4.25. The van der Waals surface area contributed by atoms with Crippen molar-refractivity contribution in [3.63, 3.8) is 0 Å². The molecule has 0 atom stereocenters. The third-order valence-corrected chi connectivity index (χ3v) is 3.17. The average molecular weight is 206 g/mol. The maximum Gasteiger partial charge on any atom is -0.00228 e. The Hall–Kier alpha value is -1.82. The summed E-state index contributed by atoms with van der Waals surface area (Å²) in [5, 5.41) is 0. The monoisotopic (exact) mass is 206 g/mol. The second-order valence-corrected chi connectivity index (χ2v) is 4.25. The summed E-state index contributed by atoms with van der Waals surface area (Å²) < 4.78 is 0. The summed E-state index contributed by atoms with van der Waals surface area (Å²) in [4.78, 5) is 0. The lowest BCUT2D eigenvalue weighted by Gasteiger charge is -2.05. The summed E-state index contributed by atoms with van der Waals surface area (Å²) >= 11 is 0. The number of hydrogen-bond donors (Lipinski definition) is 0. The molecule has 0 radical (unpaired) electrons. The molecule has 16 heavy (non-hydrogen) atoms. The van der Waals surface area contributed by atoms with E-state index in [9.17, 15) is 0 Å². The van der Waals surface area contributed by atoms with Crippen molar-refractivity contribution in [3.8, 4) is 0 Å². The molecule has 0 aliphatic heterocycles. The highest BCUT2D eigenvalue weighted by atomic mass is 14.2. The highest BCUT2D eigenvalue weighted by Gasteiger charge is 2.12. The molecular weight excluding hydrogens is 192 g/mol. The van der Waals surface area contributed by atoms with E-state index in [0.717, 1.165) is 12.8 Å². The first-order valence-corrected chi connectivity index (χ1v) is 5.75. The zero-order chi connectivity index (χ0) is 10.8. The molecule has 78 valence electrons. The minimum atomic E-state index is 1.05. The van der Waals surface area contributed by atoms with Crippen LogP contribution >= 0.6 is 0 Å². The Labute approximate surface area is 96.3 Å². The predicted molar refractivity (Wildman–Crippen MR) is 68.3 cm³/mol. The highest BCUT2D eigenvalue weighted by molar-refractivity contribution is 5.74. The van der Waals surface area contributed by atoms with Crippen LogP contribution in [-0.2, 0) is 12.8 Å². The van der Waals surface area contributed by atoms with Crippen molar-refractivity contribution in [3.05, 3.63) is 77.4 Å². The summed E-state index contributed by atoms with van der Waals surface area (Å²) in [6, 6.07) is 19.4. The Morgan fingerprint density at radius 3 is 2.44 bits per heavy atom. The molecule has 2 aromatic carbocycles. The topological polar surface area (TPSA) is 0 Å². The van der Waals surface area contributed by atoms with E-state index in [1.807, 2.05) is 0 Å². The average Bonchev–Trinajstić information content (AvgIpc) is 2.74. The van der Waals surface area contributed by atoms with Gasteiger partial charge in [-0.2, -0.15) is 0 Å². The van der Waals surface area contributed by atoms with Gasteiger partial charge in [0.05, 0.1) is 0 Å². The minimum Gasteiger partial charge on any atom is -0.0759 e. The van der Waals surface area contributed by atoms with E-state index in [2.05, 4.69) is 60.7 Å². The van der Waals surface area contributed by atoms with Gasteiger partial charge in [0.25, 0.3) is 0 Å². The number of benzene rings is 2. The summed E-state index contributed by atoms with van der Waals surface area (Å²) in [6.07, 6.45) is 4.51. The SMILES string of the molecule is C1=C(Cc2ccccc2)c2ccccc2C1. The lowest BCUT2D eigenvalue weighted by atomic mass is 9.99. The second kappa shape index (κ2) is 3.97. The lowest BCUT2D eigenvalue weighted by molar-refractivity contribution is 1.29. The lowest BCUT2D eigenvalue weighted by Crippen LogP contribution is -1.88. The van der Waals surface area contributed by atoms with Gasteiger partial charge in [0.2, 0.25) is 0 Å². The first-order chi connectivity index (χ1) is 7.93. The standard InChI is InChI=1S/C16H14/c1-2-6-13(7-3-1)12-15-11-10-14-8-4-5-9-16(14)15/h1-9,11H,10,12H2. The van der Waals surface area contributed by atoms with Gasteiger partial charge in [-0.25, -0.2) is 0 Å². The Morgan fingerprint density at radius 2 is 1.56 bits per heavy atom. The quantitative estimate of drug-likeness (QED) is 0.699. The highest BCUT2D eigenvalue weighted by Crippen LogP contribution is 2.29. The normalized spacial score (nSPS) is 13.4. The molecule has 0 nitrogen and oxygen atoms in total. The molecule has 0 amide bonds. The minimum absolute atomic E-state index is 1.05. The fourth-order valence-corrected chi connectivity index (χ4v) is 2.34. The largest absolute Gasteiger partial charge is 0.0759 e. The van der Waals surface area contributed by atoms with Crippen molar-refractivity contribution in [2.75, 3.05) is 0 Å². The summed E-state index contributed by atoms with van der Waals surface area (Å²) in [5.74, 6) is 0. The van der Waals surface area contributed by atoms with Crippen LogP contribution in [0, 0.1) is 0 Å². The predicted octanol–water partition coefficient (Wildman–Crippen LogP) is 3.87. The molecule has 0 fully saturated rings. The molecule has 0 spiro atoms. The van der Waals surface area contributed by atoms with Crippen LogP contribution in [0.15, 0.2) is 60.7 Å². The molecule has 0 N–H and O–H groups in total. The van der Waals surface area contributed by atoms with Crippen LogP contribution < -0.4 is 0 Å². The molecule has 0 saturated carbocycles. The van der Waals surface area contributed by atoms with E-state index in [1.54, 1.807) is 0 Å². The number of rotatable bonds is 2. The van der Waals surface area contributed by atoms with Crippen LogP contribution in [0.5, 0.6) is 0 Å². The van der Waals surface area contributed by atoms with E-state index < -0.39 is 0 Å². The number of allylic oxidation sites excluding steroid dienone is 2. The fourth-order valence-electron chi connectivity index (χ4n) is 2.34. The van der Waals surface area contributed by atoms with E-state index >= 15 is 0 Å².